The predicted molar refractivity (Wildman–Crippen MR) is 135 cm³/mol. The molecule has 1 amide bonds. The molecule has 0 aliphatic carbocycles. The molecule has 35 heavy (non-hydrogen) atoms. The number of benzene rings is 2. The van der Waals surface area contributed by atoms with Crippen molar-refractivity contribution in [1.82, 2.24) is 9.80 Å². The van der Waals surface area contributed by atoms with E-state index in [1.165, 1.54) is 5.56 Å². The molecule has 184 valence electrons. The Bertz CT molecular complexity index is 1020. The summed E-state index contributed by atoms with van der Waals surface area (Å²) < 4.78 is 12.0. The van der Waals surface area contributed by atoms with E-state index in [0.717, 1.165) is 37.2 Å². The smallest absolute Gasteiger partial charge is 0.288 e. The molecule has 1 fully saturated rings. The second kappa shape index (κ2) is 12.6. The average molecular weight is 475 g/mol. The van der Waals surface area contributed by atoms with Gasteiger partial charge < -0.3 is 19.5 Å². The molecule has 2 heterocycles. The summed E-state index contributed by atoms with van der Waals surface area (Å²) in [4.78, 5) is 17.7. The Kier molecular flexibility index (Phi) is 8.96. The third-order valence-corrected chi connectivity index (χ3v) is 6.54. The second-order valence-corrected chi connectivity index (χ2v) is 9.04. The summed E-state index contributed by atoms with van der Waals surface area (Å²) >= 11 is 0. The third kappa shape index (κ3) is 6.95. The number of aliphatic hydroxyl groups is 1. The fraction of sp³-hybridized carbons (Fsp3) is 0.414. The molecule has 2 aliphatic heterocycles. The Morgan fingerprint density at radius 2 is 1.80 bits per heavy atom. The molecule has 0 saturated carbocycles. The monoisotopic (exact) mass is 474 g/mol. The molecular formula is C29H34N2O4. The van der Waals surface area contributed by atoms with Crippen LogP contribution in [0.15, 0.2) is 66.4 Å². The first-order chi connectivity index (χ1) is 17.2. The van der Waals surface area contributed by atoms with Gasteiger partial charge >= 0.3 is 0 Å². The van der Waals surface area contributed by atoms with Crippen LogP contribution in [0.1, 0.15) is 41.9 Å². The molecule has 1 N–H and O–H groups in total. The van der Waals surface area contributed by atoms with Gasteiger partial charge in [-0.1, -0.05) is 48.4 Å². The summed E-state index contributed by atoms with van der Waals surface area (Å²) in [5.41, 5.74) is 3.19. The SMILES string of the molecule is C#Cc1ccc([C@@H]2C=C(C(=O)N3CCN(Cc4ccccc4)CC3)O[C@H](OCCCCO)C2)cc1. The Balaban J connectivity index is 1.41. The van der Waals surface area contributed by atoms with Crippen LogP contribution < -0.4 is 0 Å². The van der Waals surface area contributed by atoms with Crippen LogP contribution in [0, 0.1) is 12.3 Å². The highest BCUT2D eigenvalue weighted by Crippen LogP contribution is 2.32. The van der Waals surface area contributed by atoms with Crippen LogP contribution in [0.2, 0.25) is 0 Å². The number of aliphatic hydroxyl groups excluding tert-OH is 1. The number of piperazine rings is 1. The second-order valence-electron chi connectivity index (χ2n) is 9.04. The van der Waals surface area contributed by atoms with Crippen molar-refractivity contribution in [2.45, 2.75) is 38.0 Å². The van der Waals surface area contributed by atoms with Crippen LogP contribution in [0.25, 0.3) is 0 Å². The van der Waals surface area contributed by atoms with Crippen LogP contribution in [0.3, 0.4) is 0 Å². The van der Waals surface area contributed by atoms with Crippen molar-refractivity contribution in [2.75, 3.05) is 39.4 Å². The zero-order valence-corrected chi connectivity index (χ0v) is 20.1. The normalized spacial score (nSPS) is 20.6. The standard InChI is InChI=1S/C29H34N2O4/c1-2-23-10-12-25(13-11-23)26-20-27(35-28(21-26)34-19-7-6-18-32)29(33)31-16-14-30(15-17-31)22-24-8-4-3-5-9-24/h1,3-5,8-13,20,26,28,32H,6-7,14-19,21-22H2/t26-,28+/m1/s1. The fourth-order valence-corrected chi connectivity index (χ4v) is 4.50. The van der Waals surface area contributed by atoms with E-state index in [1.54, 1.807) is 0 Å². The first kappa shape index (κ1) is 25.0. The van der Waals surface area contributed by atoms with Gasteiger partial charge in [-0.25, -0.2) is 0 Å². The molecule has 1 saturated heterocycles. The van der Waals surface area contributed by atoms with Crippen LogP contribution in [-0.4, -0.2) is 66.5 Å². The van der Waals surface area contributed by atoms with Gasteiger partial charge in [0.05, 0.1) is 6.61 Å². The highest BCUT2D eigenvalue weighted by molar-refractivity contribution is 5.92. The number of hydrogen-bond donors (Lipinski definition) is 1. The lowest BCUT2D eigenvalue weighted by Crippen LogP contribution is -2.49. The third-order valence-electron chi connectivity index (χ3n) is 6.54. The van der Waals surface area contributed by atoms with Gasteiger partial charge in [-0.3, -0.25) is 9.69 Å². The molecule has 2 atom stereocenters. The fourth-order valence-electron chi connectivity index (χ4n) is 4.50. The molecule has 2 aliphatic rings. The van der Waals surface area contributed by atoms with Gasteiger partial charge in [-0.15, -0.1) is 6.42 Å². The number of carbonyl (C=O) groups excluding carboxylic acids is 1. The molecule has 0 unspecified atom stereocenters. The van der Waals surface area contributed by atoms with Gasteiger partial charge in [0.2, 0.25) is 6.29 Å². The van der Waals surface area contributed by atoms with Crippen LogP contribution in [0.5, 0.6) is 0 Å². The van der Waals surface area contributed by atoms with E-state index in [4.69, 9.17) is 21.0 Å². The first-order valence-electron chi connectivity index (χ1n) is 12.4. The van der Waals surface area contributed by atoms with Crippen LogP contribution in [-0.2, 0) is 20.8 Å². The minimum absolute atomic E-state index is 0.00302. The highest BCUT2D eigenvalue weighted by atomic mass is 16.7. The van der Waals surface area contributed by atoms with Crippen molar-refractivity contribution in [3.05, 3.63) is 83.1 Å². The van der Waals surface area contributed by atoms with E-state index in [0.29, 0.717) is 38.3 Å². The number of hydrogen-bond acceptors (Lipinski definition) is 5. The zero-order valence-electron chi connectivity index (χ0n) is 20.1. The van der Waals surface area contributed by atoms with Crippen molar-refractivity contribution < 1.29 is 19.4 Å². The van der Waals surface area contributed by atoms with Crippen molar-refractivity contribution in [3.63, 3.8) is 0 Å². The topological polar surface area (TPSA) is 62.2 Å². The number of unbranched alkanes of at least 4 members (excludes halogenated alkanes) is 1. The summed E-state index contributed by atoms with van der Waals surface area (Å²) in [5, 5.41) is 9.03. The van der Waals surface area contributed by atoms with Gasteiger partial charge in [-0.05, 0) is 42.2 Å². The minimum Gasteiger partial charge on any atom is -0.459 e. The molecule has 2 aromatic carbocycles. The number of amides is 1. The number of carbonyl (C=O) groups is 1. The first-order valence-corrected chi connectivity index (χ1v) is 12.4. The highest BCUT2D eigenvalue weighted by Gasteiger charge is 2.32. The van der Waals surface area contributed by atoms with E-state index in [9.17, 15) is 4.79 Å². The molecule has 0 radical (unpaired) electrons. The summed E-state index contributed by atoms with van der Waals surface area (Å²) in [6.45, 7) is 4.48. The van der Waals surface area contributed by atoms with E-state index in [2.05, 4.69) is 35.1 Å². The lowest BCUT2D eigenvalue weighted by Gasteiger charge is -2.36. The van der Waals surface area contributed by atoms with E-state index in [1.807, 2.05) is 41.3 Å². The van der Waals surface area contributed by atoms with E-state index >= 15 is 0 Å². The average Bonchev–Trinajstić information content (AvgIpc) is 2.91. The Hall–Kier alpha value is -3.11. The van der Waals surface area contributed by atoms with Crippen LogP contribution >= 0.6 is 0 Å². The van der Waals surface area contributed by atoms with Gasteiger partial charge in [0, 0.05) is 57.2 Å². The molecule has 6 nitrogen and oxygen atoms in total. The number of rotatable bonds is 9. The summed E-state index contributed by atoms with van der Waals surface area (Å²) in [6.07, 6.45) is 8.97. The van der Waals surface area contributed by atoms with Gasteiger partial charge in [0.25, 0.3) is 5.91 Å². The zero-order chi connectivity index (χ0) is 24.5. The lowest BCUT2D eigenvalue weighted by atomic mass is 9.92. The molecule has 2 aromatic rings. The maximum Gasteiger partial charge on any atom is 0.288 e. The van der Waals surface area contributed by atoms with Gasteiger partial charge in [0.1, 0.15) is 0 Å². The molecule has 0 spiro atoms. The quantitative estimate of drug-likeness (QED) is 0.445. The number of allylic oxidation sites excluding steroid dienone is 1. The van der Waals surface area contributed by atoms with E-state index in [-0.39, 0.29) is 18.4 Å². The Morgan fingerprint density at radius 3 is 2.49 bits per heavy atom. The molecule has 4 rings (SSSR count). The molecular weight excluding hydrogens is 440 g/mol. The summed E-state index contributed by atoms with van der Waals surface area (Å²) in [7, 11) is 0. The number of nitrogens with zero attached hydrogens (tertiary/aromatic N) is 2. The maximum absolute atomic E-state index is 13.4. The summed E-state index contributed by atoms with van der Waals surface area (Å²) in [6, 6.07) is 18.3. The number of terminal acetylenes is 1. The molecule has 6 heteroatoms. The predicted octanol–water partition coefficient (Wildman–Crippen LogP) is 3.52. The largest absolute Gasteiger partial charge is 0.459 e. The number of ether oxygens (including phenoxy) is 2. The minimum atomic E-state index is -0.505. The van der Waals surface area contributed by atoms with Gasteiger partial charge in [-0.2, -0.15) is 0 Å². The van der Waals surface area contributed by atoms with Crippen molar-refractivity contribution >= 4 is 5.91 Å². The Labute approximate surface area is 208 Å². The summed E-state index contributed by atoms with van der Waals surface area (Å²) in [5.74, 6) is 2.91. The van der Waals surface area contributed by atoms with Crippen molar-refractivity contribution in [2.24, 2.45) is 0 Å². The van der Waals surface area contributed by atoms with E-state index < -0.39 is 6.29 Å². The Morgan fingerprint density at radius 1 is 1.06 bits per heavy atom. The van der Waals surface area contributed by atoms with Crippen molar-refractivity contribution in [1.29, 1.82) is 0 Å². The molecule has 0 aromatic heterocycles. The van der Waals surface area contributed by atoms with Crippen LogP contribution in [0.4, 0.5) is 0 Å². The lowest BCUT2D eigenvalue weighted by molar-refractivity contribution is -0.154. The van der Waals surface area contributed by atoms with Crippen molar-refractivity contribution in [3.8, 4) is 12.3 Å². The molecule has 0 bridgehead atoms. The maximum atomic E-state index is 13.4. The van der Waals surface area contributed by atoms with Gasteiger partial charge in [0.15, 0.2) is 5.76 Å².